The minimum atomic E-state index is -1.55. The molecule has 32 heavy (non-hydrogen) atoms. The van der Waals surface area contributed by atoms with Gasteiger partial charge in [-0.25, -0.2) is 4.79 Å². The second-order valence-electron chi connectivity index (χ2n) is 7.90. The summed E-state index contributed by atoms with van der Waals surface area (Å²) in [6.45, 7) is 3.76. The van der Waals surface area contributed by atoms with E-state index in [1.54, 1.807) is 6.92 Å². The van der Waals surface area contributed by atoms with E-state index in [0.29, 0.717) is 12.8 Å². The summed E-state index contributed by atoms with van der Waals surface area (Å²) in [5.74, 6) is -5.52. The van der Waals surface area contributed by atoms with Crippen molar-refractivity contribution in [2.45, 2.75) is 70.1 Å². The van der Waals surface area contributed by atoms with E-state index >= 15 is 0 Å². The highest BCUT2D eigenvalue weighted by atomic mass is 16.4. The molecule has 5 atom stereocenters. The molecule has 0 saturated carbocycles. The van der Waals surface area contributed by atoms with Crippen molar-refractivity contribution in [1.29, 1.82) is 0 Å². The SMILES string of the molecule is CCC(C)C(N)C(=O)NC(CC(N)=O)C(=O)N1CCCC1C(=O)NC(CC(N)=O)C(=O)O. The number of nitrogens with zero attached hydrogens (tertiary/aromatic N) is 1. The van der Waals surface area contributed by atoms with Crippen LogP contribution in [0.25, 0.3) is 0 Å². The van der Waals surface area contributed by atoms with E-state index in [1.807, 2.05) is 6.92 Å². The zero-order valence-electron chi connectivity index (χ0n) is 18.2. The second kappa shape index (κ2) is 12.0. The number of primary amides is 2. The number of carbonyl (C=O) groups excluding carboxylic acids is 5. The molecule has 180 valence electrons. The molecular formula is C19H32N6O7. The molecule has 1 fully saturated rings. The van der Waals surface area contributed by atoms with Gasteiger partial charge in [-0.3, -0.25) is 24.0 Å². The molecule has 1 rings (SSSR count). The number of amides is 5. The molecule has 13 heteroatoms. The van der Waals surface area contributed by atoms with E-state index in [1.165, 1.54) is 0 Å². The Bertz CT molecular complexity index is 758. The van der Waals surface area contributed by atoms with Gasteiger partial charge in [0.15, 0.2) is 0 Å². The first-order valence-electron chi connectivity index (χ1n) is 10.3. The van der Waals surface area contributed by atoms with Gasteiger partial charge in [0.05, 0.1) is 18.9 Å². The van der Waals surface area contributed by atoms with Crippen LogP contribution in [-0.2, 0) is 28.8 Å². The van der Waals surface area contributed by atoms with Crippen LogP contribution in [0.2, 0.25) is 0 Å². The van der Waals surface area contributed by atoms with Gasteiger partial charge in [0.2, 0.25) is 29.5 Å². The van der Waals surface area contributed by atoms with Crippen LogP contribution < -0.4 is 27.8 Å². The smallest absolute Gasteiger partial charge is 0.326 e. The number of likely N-dealkylation sites (tertiary alicyclic amines) is 1. The highest BCUT2D eigenvalue weighted by Crippen LogP contribution is 2.20. The molecule has 0 aliphatic carbocycles. The van der Waals surface area contributed by atoms with Crippen LogP contribution in [0.5, 0.6) is 0 Å². The number of rotatable bonds is 12. The Morgan fingerprint density at radius 3 is 2.09 bits per heavy atom. The molecule has 1 aliphatic rings. The molecular weight excluding hydrogens is 424 g/mol. The lowest BCUT2D eigenvalue weighted by atomic mass is 9.98. The van der Waals surface area contributed by atoms with Gasteiger partial charge in [-0.1, -0.05) is 20.3 Å². The third-order valence-corrected chi connectivity index (χ3v) is 5.44. The van der Waals surface area contributed by atoms with Gasteiger partial charge in [-0.15, -0.1) is 0 Å². The van der Waals surface area contributed by atoms with Crippen LogP contribution in [-0.4, -0.2) is 76.2 Å². The lowest BCUT2D eigenvalue weighted by molar-refractivity contribution is -0.146. The predicted molar refractivity (Wildman–Crippen MR) is 111 cm³/mol. The van der Waals surface area contributed by atoms with Gasteiger partial charge in [-0.2, -0.15) is 0 Å². The average Bonchev–Trinajstić information content (AvgIpc) is 3.20. The van der Waals surface area contributed by atoms with E-state index in [-0.39, 0.29) is 18.9 Å². The van der Waals surface area contributed by atoms with Gasteiger partial charge in [-0.05, 0) is 18.8 Å². The quantitative estimate of drug-likeness (QED) is 0.179. The predicted octanol–water partition coefficient (Wildman–Crippen LogP) is -2.84. The molecule has 5 unspecified atom stereocenters. The topological polar surface area (TPSA) is 228 Å². The molecule has 0 spiro atoms. The molecule has 9 N–H and O–H groups in total. The van der Waals surface area contributed by atoms with E-state index in [2.05, 4.69) is 10.6 Å². The summed E-state index contributed by atoms with van der Waals surface area (Å²) < 4.78 is 0. The maximum absolute atomic E-state index is 13.1. The summed E-state index contributed by atoms with van der Waals surface area (Å²) in [5.41, 5.74) is 16.1. The fraction of sp³-hybridized carbons (Fsp3) is 0.684. The zero-order valence-corrected chi connectivity index (χ0v) is 18.2. The Kier molecular flexibility index (Phi) is 10.0. The van der Waals surface area contributed by atoms with E-state index in [0.717, 1.165) is 4.90 Å². The van der Waals surface area contributed by atoms with Crippen LogP contribution >= 0.6 is 0 Å². The molecule has 0 aromatic rings. The Balaban J connectivity index is 2.99. The first-order valence-corrected chi connectivity index (χ1v) is 10.3. The molecule has 0 bridgehead atoms. The molecule has 1 aliphatic heterocycles. The number of aliphatic carboxylic acids is 1. The normalized spacial score (nSPS) is 19.3. The van der Waals surface area contributed by atoms with Crippen molar-refractivity contribution in [3.05, 3.63) is 0 Å². The standard InChI is InChI=1S/C19H32N6O7/c1-3-9(2)15(22)17(29)23-10(7-13(20)26)18(30)25-6-4-5-12(25)16(28)24-11(19(31)32)8-14(21)27/h9-12,15H,3-8,22H2,1-2H3,(H2,20,26)(H2,21,27)(H,23,29)(H,24,28)(H,31,32). The Morgan fingerprint density at radius 1 is 1.03 bits per heavy atom. The molecule has 5 amide bonds. The number of carboxylic acids is 1. The van der Waals surface area contributed by atoms with Gasteiger partial charge >= 0.3 is 5.97 Å². The molecule has 1 saturated heterocycles. The third kappa shape index (κ3) is 7.48. The van der Waals surface area contributed by atoms with Crippen molar-refractivity contribution >= 4 is 35.5 Å². The van der Waals surface area contributed by atoms with Crippen LogP contribution in [0.4, 0.5) is 0 Å². The fourth-order valence-corrected chi connectivity index (χ4v) is 3.35. The highest BCUT2D eigenvalue weighted by Gasteiger charge is 2.40. The van der Waals surface area contributed by atoms with Crippen molar-refractivity contribution in [3.63, 3.8) is 0 Å². The zero-order chi connectivity index (χ0) is 24.6. The van der Waals surface area contributed by atoms with E-state index < -0.39 is 72.5 Å². The molecule has 0 aromatic carbocycles. The summed E-state index contributed by atoms with van der Waals surface area (Å²) in [5, 5.41) is 13.8. The van der Waals surface area contributed by atoms with Crippen LogP contribution in [0.3, 0.4) is 0 Å². The summed E-state index contributed by atoms with van der Waals surface area (Å²) in [7, 11) is 0. The van der Waals surface area contributed by atoms with Crippen LogP contribution in [0.15, 0.2) is 0 Å². The molecule has 1 heterocycles. The van der Waals surface area contributed by atoms with Crippen molar-refractivity contribution in [1.82, 2.24) is 15.5 Å². The maximum atomic E-state index is 13.1. The van der Waals surface area contributed by atoms with Gasteiger partial charge in [0.25, 0.3) is 0 Å². The number of nitrogens with two attached hydrogens (primary N) is 3. The monoisotopic (exact) mass is 456 g/mol. The Labute approximate surface area is 185 Å². The minimum absolute atomic E-state index is 0.146. The lowest BCUT2D eigenvalue weighted by Gasteiger charge is -2.30. The first kappa shape index (κ1) is 26.8. The van der Waals surface area contributed by atoms with Crippen molar-refractivity contribution < 1.29 is 33.9 Å². The number of hydrogen-bond donors (Lipinski definition) is 6. The number of carbonyl (C=O) groups is 6. The van der Waals surface area contributed by atoms with Gasteiger partial charge in [0.1, 0.15) is 18.1 Å². The third-order valence-electron chi connectivity index (χ3n) is 5.44. The molecule has 0 aromatic heterocycles. The van der Waals surface area contributed by atoms with E-state index in [9.17, 15) is 33.9 Å². The largest absolute Gasteiger partial charge is 0.480 e. The van der Waals surface area contributed by atoms with Crippen molar-refractivity contribution in [3.8, 4) is 0 Å². The lowest BCUT2D eigenvalue weighted by Crippen LogP contribution is -2.58. The van der Waals surface area contributed by atoms with E-state index in [4.69, 9.17) is 17.2 Å². The van der Waals surface area contributed by atoms with Gasteiger partial charge < -0.3 is 37.8 Å². The Morgan fingerprint density at radius 2 is 1.59 bits per heavy atom. The number of carboxylic acid groups (broad SMARTS) is 1. The minimum Gasteiger partial charge on any atom is -0.480 e. The highest BCUT2D eigenvalue weighted by molar-refractivity contribution is 5.97. The number of hydrogen-bond acceptors (Lipinski definition) is 7. The fourth-order valence-electron chi connectivity index (χ4n) is 3.35. The molecule has 0 radical (unpaired) electrons. The summed E-state index contributed by atoms with van der Waals surface area (Å²) in [6.07, 6.45) is 0.163. The second-order valence-corrected chi connectivity index (χ2v) is 7.90. The average molecular weight is 457 g/mol. The van der Waals surface area contributed by atoms with Crippen LogP contribution in [0.1, 0.15) is 46.0 Å². The van der Waals surface area contributed by atoms with Crippen molar-refractivity contribution in [2.24, 2.45) is 23.1 Å². The molecule has 13 nitrogen and oxygen atoms in total. The Hall–Kier alpha value is -3.22. The summed E-state index contributed by atoms with van der Waals surface area (Å²) >= 11 is 0. The maximum Gasteiger partial charge on any atom is 0.326 e. The number of nitrogens with one attached hydrogen (secondary N) is 2. The van der Waals surface area contributed by atoms with Crippen molar-refractivity contribution in [2.75, 3.05) is 6.54 Å². The summed E-state index contributed by atoms with van der Waals surface area (Å²) in [4.78, 5) is 73.2. The van der Waals surface area contributed by atoms with Crippen LogP contribution in [0, 0.1) is 5.92 Å². The van der Waals surface area contributed by atoms with Gasteiger partial charge in [0, 0.05) is 6.54 Å². The summed E-state index contributed by atoms with van der Waals surface area (Å²) in [6, 6.07) is -4.84. The first-order chi connectivity index (χ1) is 14.9.